The molecule has 0 atom stereocenters. The van der Waals surface area contributed by atoms with Crippen molar-refractivity contribution in [1.82, 2.24) is 10.9 Å². The summed E-state index contributed by atoms with van der Waals surface area (Å²) in [7, 11) is 0. The molecular weight excluding hydrogens is 319 g/mol. The van der Waals surface area contributed by atoms with Crippen LogP contribution in [-0.2, 0) is 16.6 Å². The number of aryl methyl sites for hydroxylation is 1. The Hall–Kier alpha value is -2.69. The van der Waals surface area contributed by atoms with Gasteiger partial charge in [-0.2, -0.15) is 0 Å². The van der Waals surface area contributed by atoms with Crippen molar-refractivity contribution in [3.63, 3.8) is 0 Å². The molecule has 5 heteroatoms. The van der Waals surface area contributed by atoms with Crippen molar-refractivity contribution in [3.05, 3.63) is 71.0 Å². The number of amides is 2. The monoisotopic (exact) mass is 342 g/mol. The number of halogens is 1. The Kier molecular flexibility index (Phi) is 5.91. The Labute approximate surface area is 147 Å². The number of benzene rings is 2. The Morgan fingerprint density at radius 2 is 1.52 bits per heavy atom. The average Bonchev–Trinajstić information content (AvgIpc) is 2.58. The van der Waals surface area contributed by atoms with E-state index in [1.165, 1.54) is 29.8 Å². The minimum atomic E-state index is -0.483. The van der Waals surface area contributed by atoms with Crippen molar-refractivity contribution in [2.45, 2.75) is 39.0 Å². The minimum absolute atomic E-state index is 0.0978. The molecule has 132 valence electrons. The fraction of sp³-hybridized carbons (Fsp3) is 0.300. The third kappa shape index (κ3) is 5.71. The molecule has 0 unspecified atom stereocenters. The van der Waals surface area contributed by atoms with Crippen molar-refractivity contribution in [1.29, 1.82) is 0 Å². The van der Waals surface area contributed by atoms with Crippen LogP contribution in [0.2, 0.25) is 0 Å². The molecule has 2 aromatic rings. The molecule has 2 aromatic carbocycles. The summed E-state index contributed by atoms with van der Waals surface area (Å²) in [4.78, 5) is 23.7. The van der Waals surface area contributed by atoms with Crippen molar-refractivity contribution < 1.29 is 14.0 Å². The number of carbonyl (C=O) groups excluding carboxylic acids is 2. The highest BCUT2D eigenvalue weighted by atomic mass is 19.1. The van der Waals surface area contributed by atoms with Crippen LogP contribution in [0.4, 0.5) is 4.39 Å². The SMILES string of the molecule is CC(C)(C)c1ccc(CCC(=O)NNC(=O)c2ccc(F)cc2)cc1. The Morgan fingerprint density at radius 1 is 0.920 bits per heavy atom. The molecule has 0 radical (unpaired) electrons. The lowest BCUT2D eigenvalue weighted by Gasteiger charge is -2.19. The van der Waals surface area contributed by atoms with Gasteiger partial charge >= 0.3 is 0 Å². The van der Waals surface area contributed by atoms with Crippen LogP contribution in [0.1, 0.15) is 48.7 Å². The molecule has 2 amide bonds. The van der Waals surface area contributed by atoms with E-state index >= 15 is 0 Å². The highest BCUT2D eigenvalue weighted by molar-refractivity contribution is 5.95. The largest absolute Gasteiger partial charge is 0.273 e. The highest BCUT2D eigenvalue weighted by Gasteiger charge is 2.13. The molecular formula is C20H23FN2O2. The van der Waals surface area contributed by atoms with E-state index in [0.717, 1.165) is 5.56 Å². The molecule has 2 N–H and O–H groups in total. The van der Waals surface area contributed by atoms with E-state index in [0.29, 0.717) is 6.42 Å². The van der Waals surface area contributed by atoms with Gasteiger partial charge in [-0.3, -0.25) is 20.4 Å². The summed E-state index contributed by atoms with van der Waals surface area (Å²) in [6, 6.07) is 13.3. The lowest BCUT2D eigenvalue weighted by Crippen LogP contribution is -2.41. The first-order valence-corrected chi connectivity index (χ1v) is 8.20. The predicted molar refractivity (Wildman–Crippen MR) is 95.5 cm³/mol. The van der Waals surface area contributed by atoms with Crippen molar-refractivity contribution >= 4 is 11.8 Å². The number of carbonyl (C=O) groups is 2. The van der Waals surface area contributed by atoms with Crippen molar-refractivity contribution in [2.75, 3.05) is 0 Å². The van der Waals surface area contributed by atoms with Gasteiger partial charge in [0.25, 0.3) is 5.91 Å². The van der Waals surface area contributed by atoms with Gasteiger partial charge in [0.2, 0.25) is 5.91 Å². The summed E-state index contributed by atoms with van der Waals surface area (Å²) >= 11 is 0. The maximum atomic E-state index is 12.8. The third-order valence-electron chi connectivity index (χ3n) is 3.88. The molecule has 0 fully saturated rings. The molecule has 0 aliphatic carbocycles. The second kappa shape index (κ2) is 7.92. The second-order valence-corrected chi connectivity index (χ2v) is 6.96. The standard InChI is InChI=1S/C20H23FN2O2/c1-20(2,3)16-9-4-14(5-10-16)6-13-18(24)22-23-19(25)15-7-11-17(21)12-8-15/h4-5,7-12H,6,13H2,1-3H3,(H,22,24)(H,23,25). The summed E-state index contributed by atoms with van der Waals surface area (Å²) in [5.74, 6) is -1.18. The van der Waals surface area contributed by atoms with Gasteiger partial charge in [-0.05, 0) is 47.2 Å². The first-order valence-electron chi connectivity index (χ1n) is 8.20. The summed E-state index contributed by atoms with van der Waals surface area (Å²) in [5.41, 5.74) is 7.37. The zero-order chi connectivity index (χ0) is 18.4. The first-order chi connectivity index (χ1) is 11.8. The van der Waals surface area contributed by atoms with Gasteiger partial charge in [0.15, 0.2) is 0 Å². The average molecular weight is 342 g/mol. The molecule has 0 aliphatic heterocycles. The van der Waals surface area contributed by atoms with Crippen LogP contribution >= 0.6 is 0 Å². The van der Waals surface area contributed by atoms with E-state index in [9.17, 15) is 14.0 Å². The molecule has 0 bridgehead atoms. The maximum Gasteiger partial charge on any atom is 0.269 e. The van der Waals surface area contributed by atoms with E-state index in [2.05, 4.69) is 43.8 Å². The molecule has 0 aromatic heterocycles. The maximum absolute atomic E-state index is 12.8. The van der Waals surface area contributed by atoms with Crippen LogP contribution in [0.5, 0.6) is 0 Å². The Bertz CT molecular complexity index is 732. The van der Waals surface area contributed by atoms with E-state index in [4.69, 9.17) is 0 Å². The summed E-state index contributed by atoms with van der Waals surface area (Å²) in [6.45, 7) is 6.46. The van der Waals surface area contributed by atoms with Gasteiger partial charge in [0.05, 0.1) is 0 Å². The fourth-order valence-electron chi connectivity index (χ4n) is 2.29. The number of nitrogens with one attached hydrogen (secondary N) is 2. The van der Waals surface area contributed by atoms with Crippen molar-refractivity contribution in [3.8, 4) is 0 Å². The number of hydrazine groups is 1. The van der Waals surface area contributed by atoms with E-state index < -0.39 is 11.7 Å². The van der Waals surface area contributed by atoms with Crippen LogP contribution in [0.3, 0.4) is 0 Å². The second-order valence-electron chi connectivity index (χ2n) is 6.96. The molecule has 0 saturated carbocycles. The quantitative estimate of drug-likeness (QED) is 0.835. The van der Waals surface area contributed by atoms with E-state index in [1.54, 1.807) is 0 Å². The van der Waals surface area contributed by atoms with Gasteiger partial charge in [0.1, 0.15) is 5.82 Å². The third-order valence-corrected chi connectivity index (χ3v) is 3.88. The van der Waals surface area contributed by atoms with Gasteiger partial charge in [0, 0.05) is 12.0 Å². The van der Waals surface area contributed by atoms with Crippen LogP contribution in [0.15, 0.2) is 48.5 Å². The first kappa shape index (κ1) is 18.6. The lowest BCUT2D eigenvalue weighted by molar-refractivity contribution is -0.121. The number of rotatable bonds is 4. The molecule has 2 rings (SSSR count). The minimum Gasteiger partial charge on any atom is -0.273 e. The van der Waals surface area contributed by atoms with Gasteiger partial charge in [-0.25, -0.2) is 4.39 Å². The molecule has 4 nitrogen and oxygen atoms in total. The van der Waals surface area contributed by atoms with Gasteiger partial charge in [-0.1, -0.05) is 45.0 Å². The molecule has 0 heterocycles. The van der Waals surface area contributed by atoms with Crippen molar-refractivity contribution in [2.24, 2.45) is 0 Å². The topological polar surface area (TPSA) is 58.2 Å². The Morgan fingerprint density at radius 3 is 2.08 bits per heavy atom. The lowest BCUT2D eigenvalue weighted by atomic mass is 9.86. The number of hydrogen-bond acceptors (Lipinski definition) is 2. The summed E-state index contributed by atoms with van der Waals surface area (Å²) in [6.07, 6.45) is 0.848. The van der Waals surface area contributed by atoms with Gasteiger partial charge < -0.3 is 0 Å². The zero-order valence-corrected chi connectivity index (χ0v) is 14.7. The van der Waals surface area contributed by atoms with Crippen LogP contribution in [-0.4, -0.2) is 11.8 Å². The van der Waals surface area contributed by atoms with E-state index in [-0.39, 0.29) is 23.3 Å². The number of hydrogen-bond donors (Lipinski definition) is 2. The summed E-state index contributed by atoms with van der Waals surface area (Å²) < 4.78 is 12.8. The van der Waals surface area contributed by atoms with E-state index in [1.807, 2.05) is 12.1 Å². The molecule has 0 spiro atoms. The molecule has 0 saturated heterocycles. The smallest absolute Gasteiger partial charge is 0.269 e. The van der Waals surface area contributed by atoms with Crippen LogP contribution < -0.4 is 10.9 Å². The van der Waals surface area contributed by atoms with Crippen LogP contribution in [0, 0.1) is 5.82 Å². The molecule has 25 heavy (non-hydrogen) atoms. The fourth-order valence-corrected chi connectivity index (χ4v) is 2.29. The van der Waals surface area contributed by atoms with Crippen LogP contribution in [0.25, 0.3) is 0 Å². The predicted octanol–water partition coefficient (Wildman–Crippen LogP) is 3.52. The highest BCUT2D eigenvalue weighted by Crippen LogP contribution is 2.22. The summed E-state index contributed by atoms with van der Waals surface area (Å²) in [5, 5.41) is 0. The normalized spacial score (nSPS) is 11.0. The van der Waals surface area contributed by atoms with Gasteiger partial charge in [-0.15, -0.1) is 0 Å². The zero-order valence-electron chi connectivity index (χ0n) is 14.7. The Balaban J connectivity index is 1.79. The molecule has 0 aliphatic rings.